The fraction of sp³-hybridized carbons (Fsp3) is 0.947. The molecule has 0 heterocycles. The van der Waals surface area contributed by atoms with E-state index in [1.807, 2.05) is 0 Å². The van der Waals surface area contributed by atoms with Gasteiger partial charge in [0.05, 0.1) is 26.4 Å². The predicted octanol–water partition coefficient (Wildman–Crippen LogP) is 21.9. The van der Waals surface area contributed by atoms with Gasteiger partial charge in [-0.25, -0.2) is 9.13 Å². The Morgan fingerprint density at radius 2 is 0.489 bits per heavy atom. The number of ether oxygens (including phenoxy) is 4. The molecule has 2 unspecified atom stereocenters. The van der Waals surface area contributed by atoms with Gasteiger partial charge >= 0.3 is 39.5 Å². The molecule has 0 radical (unpaired) electrons. The van der Waals surface area contributed by atoms with Gasteiger partial charge in [-0.3, -0.25) is 37.3 Å². The number of rotatable bonds is 74. The third-order valence-corrected chi connectivity index (χ3v) is 19.4. The second-order valence-corrected chi connectivity index (χ2v) is 30.9. The molecule has 0 aliphatic carbocycles. The second kappa shape index (κ2) is 66.9. The lowest BCUT2D eigenvalue weighted by atomic mass is 10.0. The van der Waals surface area contributed by atoms with E-state index in [4.69, 9.17) is 37.0 Å². The summed E-state index contributed by atoms with van der Waals surface area (Å²) in [6.07, 6.45) is 54.2. The number of aliphatic hydroxyl groups excluding tert-OH is 1. The zero-order chi connectivity index (χ0) is 69.3. The number of hydrogen-bond acceptors (Lipinski definition) is 15. The minimum Gasteiger partial charge on any atom is -0.462 e. The fourth-order valence-electron chi connectivity index (χ4n) is 11.5. The van der Waals surface area contributed by atoms with Gasteiger partial charge in [-0.2, -0.15) is 0 Å². The Balaban J connectivity index is 5.22. The molecule has 5 atom stereocenters. The van der Waals surface area contributed by atoms with Crippen LogP contribution < -0.4 is 0 Å². The molecule has 0 aromatic rings. The number of carbonyl (C=O) groups is 4. The van der Waals surface area contributed by atoms with E-state index in [1.165, 1.54) is 199 Å². The first kappa shape index (κ1) is 92.1. The average Bonchev–Trinajstić information content (AvgIpc) is 1.62. The molecule has 0 aromatic heterocycles. The first-order chi connectivity index (χ1) is 45.4. The summed E-state index contributed by atoms with van der Waals surface area (Å²) in [5.74, 6) is -0.647. The van der Waals surface area contributed by atoms with Crippen molar-refractivity contribution in [3.05, 3.63) is 0 Å². The fourth-order valence-corrected chi connectivity index (χ4v) is 13.1. The van der Waals surface area contributed by atoms with E-state index in [-0.39, 0.29) is 25.7 Å². The molecule has 3 N–H and O–H groups in total. The van der Waals surface area contributed by atoms with Crippen LogP contribution >= 0.6 is 15.6 Å². The van der Waals surface area contributed by atoms with Crippen LogP contribution in [-0.2, 0) is 65.4 Å². The summed E-state index contributed by atoms with van der Waals surface area (Å²) in [7, 11) is -9.91. The van der Waals surface area contributed by atoms with Crippen LogP contribution in [0, 0.1) is 11.8 Å². The van der Waals surface area contributed by atoms with Crippen LogP contribution in [-0.4, -0.2) is 96.7 Å². The standard InChI is InChI=1S/C75H146O17P2/c1-7-9-11-13-15-17-19-20-21-22-23-24-27-32-36-40-48-54-60-75(80)91-70(63-85-72(77)57-51-45-38-34-31-28-25-26-30-33-37-43-49-55-67(3)4)65-89-93(81,82)87-61-69(76)62-88-94(83,84)90-66-71(64-86-73(78)58-52-46-42-41-44-50-56-68(5)6)92-74(79)59-53-47-39-35-29-18-16-14-12-10-8-2/h67-71,76H,7-66H2,1-6H3,(H,81,82)(H,83,84)/t69-,70-,71-/m1/s1. The minimum absolute atomic E-state index is 0.106. The highest BCUT2D eigenvalue weighted by Crippen LogP contribution is 2.45. The Bertz CT molecular complexity index is 1820. The zero-order valence-electron chi connectivity index (χ0n) is 61.3. The van der Waals surface area contributed by atoms with Gasteiger partial charge in [0, 0.05) is 25.7 Å². The molecule has 0 bridgehead atoms. The number of carbonyl (C=O) groups excluding carboxylic acids is 4. The third kappa shape index (κ3) is 68.6. The Morgan fingerprint density at radius 3 is 0.723 bits per heavy atom. The lowest BCUT2D eigenvalue weighted by Crippen LogP contribution is -2.30. The average molecular weight is 1380 g/mol. The molecule has 0 aliphatic heterocycles. The molecule has 0 rings (SSSR count). The van der Waals surface area contributed by atoms with E-state index < -0.39 is 97.5 Å². The Labute approximate surface area is 575 Å². The van der Waals surface area contributed by atoms with Gasteiger partial charge in [0.1, 0.15) is 19.3 Å². The van der Waals surface area contributed by atoms with Gasteiger partial charge in [0.25, 0.3) is 0 Å². The predicted molar refractivity (Wildman–Crippen MR) is 381 cm³/mol. The molecule has 0 spiro atoms. The van der Waals surface area contributed by atoms with E-state index in [1.54, 1.807) is 0 Å². The van der Waals surface area contributed by atoms with Crippen molar-refractivity contribution in [1.82, 2.24) is 0 Å². The number of phosphoric acid groups is 2. The monoisotopic (exact) mass is 1380 g/mol. The van der Waals surface area contributed by atoms with E-state index in [2.05, 4.69) is 41.5 Å². The maximum atomic E-state index is 13.1. The van der Waals surface area contributed by atoms with Crippen molar-refractivity contribution in [2.24, 2.45) is 11.8 Å². The number of hydrogen-bond donors (Lipinski definition) is 3. The van der Waals surface area contributed by atoms with Gasteiger partial charge in [0.15, 0.2) is 12.2 Å². The summed E-state index contributed by atoms with van der Waals surface area (Å²) in [6.45, 7) is 9.52. The van der Waals surface area contributed by atoms with Gasteiger partial charge in [-0.05, 0) is 37.5 Å². The van der Waals surface area contributed by atoms with Crippen LogP contribution in [0.1, 0.15) is 388 Å². The van der Waals surface area contributed by atoms with E-state index >= 15 is 0 Å². The quantitative estimate of drug-likeness (QED) is 0.0222. The van der Waals surface area contributed by atoms with Crippen molar-refractivity contribution in [3.63, 3.8) is 0 Å². The van der Waals surface area contributed by atoms with Gasteiger partial charge in [-0.15, -0.1) is 0 Å². The molecular formula is C75H146O17P2. The molecule has 94 heavy (non-hydrogen) atoms. The van der Waals surface area contributed by atoms with Crippen molar-refractivity contribution in [1.29, 1.82) is 0 Å². The molecule has 558 valence electrons. The SMILES string of the molecule is CCCCCCCCCCCCCCCCCCCCC(=O)O[C@H](COC(=O)CCCCCCCCCCCCCCCC(C)C)COP(=O)(O)OC[C@@H](O)COP(=O)(O)OC[C@@H](COC(=O)CCCCCCCCC(C)C)OC(=O)CCCCCCCCCCCCC. The Kier molecular flexibility index (Phi) is 65.5. The summed E-state index contributed by atoms with van der Waals surface area (Å²) in [6, 6.07) is 0. The number of esters is 4. The van der Waals surface area contributed by atoms with Crippen LogP contribution in [0.5, 0.6) is 0 Å². The number of aliphatic hydroxyl groups is 1. The normalized spacial score (nSPS) is 14.0. The smallest absolute Gasteiger partial charge is 0.462 e. The summed E-state index contributed by atoms with van der Waals surface area (Å²) in [5.41, 5.74) is 0. The molecule has 0 amide bonds. The lowest BCUT2D eigenvalue weighted by Gasteiger charge is -2.21. The summed E-state index contributed by atoms with van der Waals surface area (Å²) < 4.78 is 68.4. The van der Waals surface area contributed by atoms with Gasteiger partial charge < -0.3 is 33.8 Å². The number of phosphoric ester groups is 2. The van der Waals surface area contributed by atoms with Crippen LogP contribution in [0.25, 0.3) is 0 Å². The van der Waals surface area contributed by atoms with Crippen molar-refractivity contribution < 1.29 is 80.2 Å². The van der Waals surface area contributed by atoms with Crippen LogP contribution in [0.4, 0.5) is 0 Å². The highest BCUT2D eigenvalue weighted by molar-refractivity contribution is 7.47. The summed E-state index contributed by atoms with van der Waals surface area (Å²) in [5, 5.41) is 10.6. The molecule has 0 aromatic carbocycles. The first-order valence-electron chi connectivity index (χ1n) is 39.0. The van der Waals surface area contributed by atoms with Gasteiger partial charge in [-0.1, -0.05) is 337 Å². The summed E-state index contributed by atoms with van der Waals surface area (Å²) >= 11 is 0. The molecule has 19 heteroatoms. The van der Waals surface area contributed by atoms with Crippen molar-refractivity contribution in [2.75, 3.05) is 39.6 Å². The number of unbranched alkanes of at least 4 members (excludes halogenated alkanes) is 44. The molecule has 0 aliphatic rings. The van der Waals surface area contributed by atoms with Crippen molar-refractivity contribution in [2.45, 2.75) is 407 Å². The molecule has 17 nitrogen and oxygen atoms in total. The minimum atomic E-state index is -4.96. The van der Waals surface area contributed by atoms with Crippen LogP contribution in [0.15, 0.2) is 0 Å². The lowest BCUT2D eigenvalue weighted by molar-refractivity contribution is -0.161. The van der Waals surface area contributed by atoms with Gasteiger partial charge in [0.2, 0.25) is 0 Å². The third-order valence-electron chi connectivity index (χ3n) is 17.5. The Morgan fingerprint density at radius 1 is 0.287 bits per heavy atom. The highest BCUT2D eigenvalue weighted by Gasteiger charge is 2.30. The molecular weight excluding hydrogens is 1230 g/mol. The zero-order valence-corrected chi connectivity index (χ0v) is 63.1. The van der Waals surface area contributed by atoms with E-state index in [0.717, 1.165) is 102 Å². The molecule has 0 fully saturated rings. The van der Waals surface area contributed by atoms with Crippen LogP contribution in [0.2, 0.25) is 0 Å². The summed E-state index contributed by atoms with van der Waals surface area (Å²) in [4.78, 5) is 72.7. The molecule has 0 saturated carbocycles. The Hall–Kier alpha value is -1.94. The maximum absolute atomic E-state index is 13.1. The highest BCUT2D eigenvalue weighted by atomic mass is 31.2. The second-order valence-electron chi connectivity index (χ2n) is 28.0. The van der Waals surface area contributed by atoms with Crippen molar-refractivity contribution in [3.8, 4) is 0 Å². The topological polar surface area (TPSA) is 237 Å². The van der Waals surface area contributed by atoms with E-state index in [0.29, 0.717) is 31.6 Å². The van der Waals surface area contributed by atoms with Crippen LogP contribution in [0.3, 0.4) is 0 Å². The molecule has 0 saturated heterocycles. The maximum Gasteiger partial charge on any atom is 0.472 e. The first-order valence-corrected chi connectivity index (χ1v) is 42.0. The largest absolute Gasteiger partial charge is 0.472 e. The van der Waals surface area contributed by atoms with E-state index in [9.17, 15) is 43.2 Å². The van der Waals surface area contributed by atoms with Crippen molar-refractivity contribution >= 4 is 39.5 Å².